The topological polar surface area (TPSA) is 18.5 Å². The number of halogens is 5. The van der Waals surface area contributed by atoms with Crippen molar-refractivity contribution in [1.29, 1.82) is 0 Å². The fourth-order valence-corrected chi connectivity index (χ4v) is 2.09. The number of alkyl halides is 4. The van der Waals surface area contributed by atoms with Crippen molar-refractivity contribution >= 4 is 11.6 Å². The summed E-state index contributed by atoms with van der Waals surface area (Å²) in [5, 5.41) is 0. The van der Waals surface area contributed by atoms with E-state index >= 15 is 0 Å². The van der Waals surface area contributed by atoms with Crippen molar-refractivity contribution in [2.24, 2.45) is 0 Å². The van der Waals surface area contributed by atoms with Gasteiger partial charge in [-0.3, -0.25) is 0 Å². The zero-order valence-electron chi connectivity index (χ0n) is 11.4. The third-order valence-corrected chi connectivity index (χ3v) is 3.20. The maximum absolute atomic E-state index is 14.0. The summed E-state index contributed by atoms with van der Waals surface area (Å²) in [7, 11) is 1.38. The molecule has 0 aliphatic carbocycles. The summed E-state index contributed by atoms with van der Waals surface area (Å²) in [5.74, 6) is -0.880. The first-order valence-electron chi connectivity index (χ1n) is 6.12. The molecule has 0 saturated heterocycles. The molecular weight excluding hydrogens is 324 g/mol. The molecule has 0 atom stereocenters. The smallest absolute Gasteiger partial charge is 0.497 e. The van der Waals surface area contributed by atoms with Crippen molar-refractivity contribution in [3.63, 3.8) is 0 Å². The molecular formula is C15H11ClF4O2. The third kappa shape index (κ3) is 3.82. The Morgan fingerprint density at radius 3 is 2.36 bits per heavy atom. The van der Waals surface area contributed by atoms with Gasteiger partial charge in [0.2, 0.25) is 0 Å². The molecule has 0 aliphatic heterocycles. The highest BCUT2D eigenvalue weighted by Gasteiger charge is 2.32. The Morgan fingerprint density at radius 2 is 1.77 bits per heavy atom. The monoisotopic (exact) mass is 334 g/mol. The summed E-state index contributed by atoms with van der Waals surface area (Å²) in [4.78, 5) is 0. The second-order valence-electron chi connectivity index (χ2n) is 4.36. The molecule has 0 fully saturated rings. The number of hydrogen-bond donors (Lipinski definition) is 0. The summed E-state index contributed by atoms with van der Waals surface area (Å²) < 4.78 is 60.6. The van der Waals surface area contributed by atoms with E-state index < -0.39 is 17.9 Å². The average Bonchev–Trinajstić information content (AvgIpc) is 2.46. The van der Waals surface area contributed by atoms with E-state index in [4.69, 9.17) is 16.3 Å². The van der Waals surface area contributed by atoms with Crippen LogP contribution in [-0.2, 0) is 5.88 Å². The minimum Gasteiger partial charge on any atom is -0.497 e. The van der Waals surface area contributed by atoms with Crippen LogP contribution in [0.25, 0.3) is 11.1 Å². The van der Waals surface area contributed by atoms with E-state index in [0.29, 0.717) is 11.3 Å². The lowest BCUT2D eigenvalue weighted by atomic mass is 10.0. The van der Waals surface area contributed by atoms with E-state index in [1.165, 1.54) is 31.4 Å². The second-order valence-corrected chi connectivity index (χ2v) is 4.62. The fraction of sp³-hybridized carbons (Fsp3) is 0.200. The molecule has 22 heavy (non-hydrogen) atoms. The van der Waals surface area contributed by atoms with Crippen LogP contribution in [0.3, 0.4) is 0 Å². The van der Waals surface area contributed by atoms with Crippen LogP contribution >= 0.6 is 11.6 Å². The zero-order valence-corrected chi connectivity index (χ0v) is 12.1. The van der Waals surface area contributed by atoms with Gasteiger partial charge in [-0.25, -0.2) is 4.39 Å². The molecule has 0 spiro atoms. The molecule has 0 amide bonds. The first-order chi connectivity index (χ1) is 10.3. The van der Waals surface area contributed by atoms with Gasteiger partial charge in [0.15, 0.2) is 0 Å². The number of methoxy groups -OCH3 is 1. The Hall–Kier alpha value is -1.95. The molecule has 0 bridgehead atoms. The molecule has 2 aromatic carbocycles. The Kier molecular flexibility index (Phi) is 4.81. The SMILES string of the molecule is COc1ccc(F)c(-c2ccc(CCl)cc2OC(F)(F)F)c1. The van der Waals surface area contributed by atoms with Crippen LogP contribution in [0.5, 0.6) is 11.5 Å². The van der Waals surface area contributed by atoms with E-state index in [1.807, 2.05) is 0 Å². The molecule has 0 N–H and O–H groups in total. The van der Waals surface area contributed by atoms with Crippen molar-refractivity contribution < 1.29 is 27.0 Å². The Labute approximate surface area is 129 Å². The first-order valence-corrected chi connectivity index (χ1v) is 6.66. The highest BCUT2D eigenvalue weighted by molar-refractivity contribution is 6.17. The summed E-state index contributed by atoms with van der Waals surface area (Å²) in [6.45, 7) is 0. The van der Waals surface area contributed by atoms with Gasteiger partial charge in [-0.1, -0.05) is 12.1 Å². The van der Waals surface area contributed by atoms with Crippen LogP contribution in [0.15, 0.2) is 36.4 Å². The molecule has 2 nitrogen and oxygen atoms in total. The van der Waals surface area contributed by atoms with Crippen LogP contribution in [0, 0.1) is 5.82 Å². The van der Waals surface area contributed by atoms with Crippen molar-refractivity contribution in [2.75, 3.05) is 7.11 Å². The lowest BCUT2D eigenvalue weighted by Gasteiger charge is -2.15. The van der Waals surface area contributed by atoms with Gasteiger partial charge in [0, 0.05) is 17.0 Å². The molecule has 7 heteroatoms. The Balaban J connectivity index is 2.59. The van der Waals surface area contributed by atoms with Crippen LogP contribution in [0.4, 0.5) is 17.6 Å². The highest BCUT2D eigenvalue weighted by Crippen LogP contribution is 2.37. The minimum atomic E-state index is -4.89. The first kappa shape index (κ1) is 16.4. The van der Waals surface area contributed by atoms with Crippen molar-refractivity contribution in [3.8, 4) is 22.6 Å². The maximum atomic E-state index is 14.0. The standard InChI is InChI=1S/C15H11ClF4O2/c1-21-10-3-5-13(17)12(7-10)11-4-2-9(8-16)6-14(11)22-15(18,19)20/h2-7H,8H2,1H3. The Bertz CT molecular complexity index is 671. The van der Waals surface area contributed by atoms with E-state index in [-0.39, 0.29) is 17.0 Å². The van der Waals surface area contributed by atoms with Crippen LogP contribution < -0.4 is 9.47 Å². The summed E-state index contributed by atoms with van der Waals surface area (Å²) in [6, 6.07) is 7.75. The maximum Gasteiger partial charge on any atom is 0.573 e. The molecule has 2 aromatic rings. The lowest BCUT2D eigenvalue weighted by molar-refractivity contribution is -0.274. The van der Waals surface area contributed by atoms with Crippen molar-refractivity contribution in [2.45, 2.75) is 12.2 Å². The van der Waals surface area contributed by atoms with E-state index in [0.717, 1.165) is 12.1 Å². The van der Waals surface area contributed by atoms with Gasteiger partial charge >= 0.3 is 6.36 Å². The number of benzene rings is 2. The average molecular weight is 335 g/mol. The summed E-state index contributed by atoms with van der Waals surface area (Å²) in [5.41, 5.74) is 0.329. The van der Waals surface area contributed by atoms with Crippen LogP contribution in [-0.4, -0.2) is 13.5 Å². The second kappa shape index (κ2) is 6.44. The van der Waals surface area contributed by atoms with Gasteiger partial charge in [-0.05, 0) is 29.8 Å². The van der Waals surface area contributed by atoms with Gasteiger partial charge in [0.1, 0.15) is 17.3 Å². The highest BCUT2D eigenvalue weighted by atomic mass is 35.5. The van der Waals surface area contributed by atoms with Crippen LogP contribution in [0.2, 0.25) is 0 Å². The third-order valence-electron chi connectivity index (χ3n) is 2.89. The van der Waals surface area contributed by atoms with Gasteiger partial charge in [0.25, 0.3) is 0 Å². The molecule has 0 unspecified atom stereocenters. The quantitative estimate of drug-likeness (QED) is 0.569. The molecule has 0 radical (unpaired) electrons. The van der Waals surface area contributed by atoms with E-state index in [9.17, 15) is 17.6 Å². The largest absolute Gasteiger partial charge is 0.573 e. The lowest BCUT2D eigenvalue weighted by Crippen LogP contribution is -2.17. The van der Waals surface area contributed by atoms with Gasteiger partial charge < -0.3 is 9.47 Å². The van der Waals surface area contributed by atoms with Gasteiger partial charge in [-0.2, -0.15) is 0 Å². The predicted molar refractivity (Wildman–Crippen MR) is 74.6 cm³/mol. The van der Waals surface area contributed by atoms with Gasteiger partial charge in [0.05, 0.1) is 7.11 Å². The predicted octanol–water partition coefficient (Wildman–Crippen LogP) is 5.14. The number of hydrogen-bond acceptors (Lipinski definition) is 2. The summed E-state index contributed by atoms with van der Waals surface area (Å²) in [6.07, 6.45) is -4.89. The molecule has 2 rings (SSSR count). The Morgan fingerprint density at radius 1 is 1.05 bits per heavy atom. The zero-order chi connectivity index (χ0) is 16.3. The van der Waals surface area contributed by atoms with E-state index in [2.05, 4.69) is 4.74 Å². The molecule has 0 saturated carbocycles. The molecule has 118 valence electrons. The van der Waals surface area contributed by atoms with E-state index in [1.54, 1.807) is 0 Å². The number of ether oxygens (including phenoxy) is 2. The van der Waals surface area contributed by atoms with Crippen molar-refractivity contribution in [3.05, 3.63) is 47.8 Å². The number of rotatable bonds is 4. The van der Waals surface area contributed by atoms with Crippen LogP contribution in [0.1, 0.15) is 5.56 Å². The molecule has 0 aliphatic rings. The summed E-state index contributed by atoms with van der Waals surface area (Å²) >= 11 is 5.62. The molecule has 0 heterocycles. The van der Waals surface area contributed by atoms with Gasteiger partial charge in [-0.15, -0.1) is 24.8 Å². The normalized spacial score (nSPS) is 11.4. The fourth-order valence-electron chi connectivity index (χ4n) is 1.92. The minimum absolute atomic E-state index is 0.00902. The van der Waals surface area contributed by atoms with Crippen molar-refractivity contribution in [1.82, 2.24) is 0 Å². The molecule has 0 aromatic heterocycles.